The van der Waals surface area contributed by atoms with Crippen LogP contribution in [-0.4, -0.2) is 78.8 Å². The van der Waals surface area contributed by atoms with E-state index in [1.165, 1.54) is 4.68 Å². The number of fused-ring (bicyclic) bond motifs is 3. The lowest BCUT2D eigenvalue weighted by atomic mass is 9.86. The fourth-order valence-electron chi connectivity index (χ4n) is 6.85. The van der Waals surface area contributed by atoms with Crippen molar-refractivity contribution in [3.63, 3.8) is 0 Å². The first-order valence-corrected chi connectivity index (χ1v) is 16.2. The van der Waals surface area contributed by atoms with Crippen LogP contribution in [0.4, 0.5) is 9.59 Å². The zero-order chi connectivity index (χ0) is 29.9. The van der Waals surface area contributed by atoms with Crippen molar-refractivity contribution in [2.45, 2.75) is 88.0 Å². The second-order valence-corrected chi connectivity index (χ2v) is 13.2. The molecule has 43 heavy (non-hydrogen) atoms. The highest BCUT2D eigenvalue weighted by Gasteiger charge is 2.44. The number of aryl methyl sites for hydroxylation is 1. The van der Waals surface area contributed by atoms with Gasteiger partial charge in [0, 0.05) is 44.9 Å². The van der Waals surface area contributed by atoms with Crippen molar-refractivity contribution in [1.29, 1.82) is 0 Å². The second kappa shape index (κ2) is 12.9. The molecule has 3 atom stereocenters. The Morgan fingerprint density at radius 1 is 1.05 bits per heavy atom. The first-order chi connectivity index (χ1) is 20.9. The van der Waals surface area contributed by atoms with Crippen molar-refractivity contribution < 1.29 is 23.6 Å². The molecule has 6 rings (SSSR count). The Morgan fingerprint density at radius 2 is 1.81 bits per heavy atom. The number of nitrogens with zero attached hydrogens (tertiary/aromatic N) is 5. The van der Waals surface area contributed by atoms with Gasteiger partial charge in [0.1, 0.15) is 22.3 Å². The number of aromatic nitrogens is 3. The summed E-state index contributed by atoms with van der Waals surface area (Å²) in [5.41, 5.74) is 1.49. The van der Waals surface area contributed by atoms with Gasteiger partial charge in [-0.05, 0) is 68.7 Å². The standard InChI is InChI=1S/C31H38N6O5S/c1-35(16-6-8-23-14-15-24(42-23)19-27-29(39)32-30(40)43-27)28(38)11-5-2-7-20-17-21-12-13-22(18-20)36(21)31(41)37-26-10-4-3-9-25(26)33-34-37/h3-4,9-10,14-15,20-22,27H,2,5-8,11-13,16-19H2,1H3,(H,32,39,40). The van der Waals surface area contributed by atoms with Gasteiger partial charge in [0.15, 0.2) is 0 Å². The molecular formula is C31H38N6O5S. The molecule has 3 aliphatic rings. The smallest absolute Gasteiger partial charge is 0.347 e. The van der Waals surface area contributed by atoms with E-state index in [4.69, 9.17) is 4.42 Å². The van der Waals surface area contributed by atoms with Crippen LogP contribution in [0.2, 0.25) is 0 Å². The number of furan rings is 1. The lowest BCUT2D eigenvalue weighted by Gasteiger charge is -2.38. The molecule has 0 saturated carbocycles. The summed E-state index contributed by atoms with van der Waals surface area (Å²) in [7, 11) is 1.85. The lowest BCUT2D eigenvalue weighted by Crippen LogP contribution is -2.48. The highest BCUT2D eigenvalue weighted by molar-refractivity contribution is 8.15. The zero-order valence-electron chi connectivity index (χ0n) is 24.4. The van der Waals surface area contributed by atoms with E-state index in [0.717, 1.165) is 79.9 Å². The Labute approximate surface area is 254 Å². The summed E-state index contributed by atoms with van der Waals surface area (Å²) in [5, 5.41) is 9.85. The van der Waals surface area contributed by atoms with Crippen LogP contribution < -0.4 is 5.32 Å². The van der Waals surface area contributed by atoms with E-state index in [1.54, 1.807) is 4.90 Å². The number of carbonyl (C=O) groups excluding carboxylic acids is 4. The molecule has 11 nitrogen and oxygen atoms in total. The van der Waals surface area contributed by atoms with E-state index in [-0.39, 0.29) is 35.2 Å². The van der Waals surface area contributed by atoms with Gasteiger partial charge in [-0.2, -0.15) is 4.68 Å². The molecule has 3 saturated heterocycles. The summed E-state index contributed by atoms with van der Waals surface area (Å²) >= 11 is 1.000. The van der Waals surface area contributed by atoms with Gasteiger partial charge >= 0.3 is 6.03 Å². The van der Waals surface area contributed by atoms with E-state index in [2.05, 4.69) is 20.5 Å². The fourth-order valence-corrected chi connectivity index (χ4v) is 7.68. The minimum absolute atomic E-state index is 0.0596. The van der Waals surface area contributed by atoms with Crippen LogP contribution in [-0.2, 0) is 22.4 Å². The van der Waals surface area contributed by atoms with Crippen molar-refractivity contribution in [2.75, 3.05) is 13.6 Å². The number of thioether (sulfide) groups is 1. The maximum Gasteiger partial charge on any atom is 0.347 e. The molecule has 1 aromatic carbocycles. The maximum absolute atomic E-state index is 13.4. The third kappa shape index (κ3) is 6.63. The predicted octanol–water partition coefficient (Wildman–Crippen LogP) is 4.78. The van der Waals surface area contributed by atoms with Gasteiger partial charge in [-0.25, -0.2) is 4.79 Å². The Balaban J connectivity index is 0.878. The summed E-state index contributed by atoms with van der Waals surface area (Å²) in [6, 6.07) is 11.8. The van der Waals surface area contributed by atoms with Gasteiger partial charge in [-0.15, -0.1) is 5.10 Å². The Hall–Kier alpha value is -3.67. The number of rotatable bonds is 11. The van der Waals surface area contributed by atoms with Crippen LogP contribution in [0.3, 0.4) is 0 Å². The van der Waals surface area contributed by atoms with E-state index >= 15 is 0 Å². The van der Waals surface area contributed by atoms with Gasteiger partial charge in [-0.1, -0.05) is 41.9 Å². The van der Waals surface area contributed by atoms with Crippen LogP contribution in [0.1, 0.15) is 69.3 Å². The summed E-state index contributed by atoms with van der Waals surface area (Å²) in [4.78, 5) is 53.1. The number of benzene rings is 1. The Kier molecular flexibility index (Phi) is 8.83. The first-order valence-electron chi connectivity index (χ1n) is 15.3. The van der Waals surface area contributed by atoms with E-state index in [9.17, 15) is 19.2 Å². The number of amides is 4. The first kappa shape index (κ1) is 29.4. The summed E-state index contributed by atoms with van der Waals surface area (Å²) in [5.74, 6) is 1.99. The lowest BCUT2D eigenvalue weighted by molar-refractivity contribution is -0.130. The molecular weight excluding hydrogens is 568 g/mol. The van der Waals surface area contributed by atoms with Crippen LogP contribution in [0.5, 0.6) is 0 Å². The minimum atomic E-state index is -0.436. The highest BCUT2D eigenvalue weighted by atomic mass is 32.2. The summed E-state index contributed by atoms with van der Waals surface area (Å²) < 4.78 is 7.30. The summed E-state index contributed by atoms with van der Waals surface area (Å²) in [6.07, 6.45) is 9.53. The van der Waals surface area contributed by atoms with Gasteiger partial charge in [0.25, 0.3) is 5.24 Å². The van der Waals surface area contributed by atoms with E-state index < -0.39 is 5.25 Å². The van der Waals surface area contributed by atoms with Gasteiger partial charge in [0.05, 0.1) is 5.52 Å². The van der Waals surface area contributed by atoms with Crippen molar-refractivity contribution in [3.05, 3.63) is 47.9 Å². The maximum atomic E-state index is 13.4. The third-order valence-corrected chi connectivity index (χ3v) is 10.0. The number of hydrogen-bond acceptors (Lipinski definition) is 8. The normalized spacial score (nSPS) is 23.2. The quantitative estimate of drug-likeness (QED) is 0.309. The average molecular weight is 607 g/mol. The summed E-state index contributed by atoms with van der Waals surface area (Å²) in [6.45, 7) is 0.654. The van der Waals surface area contributed by atoms with Crippen molar-refractivity contribution >= 4 is 45.9 Å². The molecule has 2 aromatic heterocycles. The molecule has 4 amide bonds. The predicted molar refractivity (Wildman–Crippen MR) is 161 cm³/mol. The fraction of sp³-hybridized carbons (Fsp3) is 0.548. The molecule has 2 bridgehead atoms. The molecule has 3 unspecified atom stereocenters. The number of nitrogens with one attached hydrogen (secondary N) is 1. The van der Waals surface area contributed by atoms with E-state index in [1.807, 2.05) is 43.4 Å². The molecule has 3 fully saturated rings. The SMILES string of the molecule is CN(CCCc1ccc(CC2SC(=O)NC2=O)o1)C(=O)CCCCC1CC2CCC(C1)N2C(=O)n1nnc2ccccc21. The molecule has 3 aromatic rings. The van der Waals surface area contributed by atoms with Crippen LogP contribution >= 0.6 is 11.8 Å². The highest BCUT2D eigenvalue weighted by Crippen LogP contribution is 2.41. The molecule has 0 spiro atoms. The molecule has 12 heteroatoms. The average Bonchev–Trinajstić information content (AvgIpc) is 3.76. The van der Waals surface area contributed by atoms with Crippen LogP contribution in [0.15, 0.2) is 40.8 Å². The zero-order valence-corrected chi connectivity index (χ0v) is 25.3. The van der Waals surface area contributed by atoms with Crippen molar-refractivity contribution in [2.24, 2.45) is 5.92 Å². The number of piperidine rings is 1. The molecule has 0 aliphatic carbocycles. The van der Waals surface area contributed by atoms with Gasteiger partial charge in [0.2, 0.25) is 11.8 Å². The van der Waals surface area contributed by atoms with Crippen molar-refractivity contribution in [3.8, 4) is 0 Å². The van der Waals surface area contributed by atoms with Crippen LogP contribution in [0, 0.1) is 5.92 Å². The number of hydrogen-bond donors (Lipinski definition) is 1. The van der Waals surface area contributed by atoms with Crippen LogP contribution in [0.25, 0.3) is 11.0 Å². The molecule has 5 heterocycles. The second-order valence-electron chi connectivity index (χ2n) is 12.0. The number of carbonyl (C=O) groups is 4. The van der Waals surface area contributed by atoms with Crippen molar-refractivity contribution in [1.82, 2.24) is 30.1 Å². The topological polar surface area (TPSA) is 131 Å². The Bertz CT molecular complexity index is 1490. The number of unbranched alkanes of at least 4 members (excludes halogenated alkanes) is 1. The monoisotopic (exact) mass is 606 g/mol. The number of para-hydroxylation sites is 1. The minimum Gasteiger partial charge on any atom is -0.466 e. The van der Waals surface area contributed by atoms with Gasteiger partial charge < -0.3 is 14.2 Å². The third-order valence-electron chi connectivity index (χ3n) is 9.05. The number of imide groups is 1. The largest absolute Gasteiger partial charge is 0.466 e. The Morgan fingerprint density at radius 3 is 2.58 bits per heavy atom. The molecule has 1 N–H and O–H groups in total. The van der Waals surface area contributed by atoms with Gasteiger partial charge in [-0.3, -0.25) is 19.7 Å². The van der Waals surface area contributed by atoms with E-state index in [0.29, 0.717) is 37.5 Å². The molecule has 0 radical (unpaired) electrons. The molecule has 228 valence electrons. The molecule has 3 aliphatic heterocycles.